The van der Waals surface area contributed by atoms with Crippen molar-refractivity contribution in [3.05, 3.63) is 24.7 Å². The van der Waals surface area contributed by atoms with Gasteiger partial charge in [0.2, 0.25) is 11.9 Å². The Morgan fingerprint density at radius 3 is 2.78 bits per heavy atom. The monoisotopic (exact) mass is 377 g/mol. The first-order chi connectivity index (χ1) is 12.8. The maximum absolute atomic E-state index is 13.2. The zero-order valence-electron chi connectivity index (χ0n) is 15.1. The molecule has 0 bridgehead atoms. The van der Waals surface area contributed by atoms with Crippen molar-refractivity contribution in [3.8, 4) is 0 Å². The van der Waals surface area contributed by atoms with Gasteiger partial charge in [0.15, 0.2) is 0 Å². The number of carbonyl (C=O) groups is 1. The lowest BCUT2D eigenvalue weighted by Gasteiger charge is -2.40. The van der Waals surface area contributed by atoms with E-state index in [9.17, 15) is 13.6 Å². The number of rotatable bonds is 4. The Morgan fingerprint density at radius 1 is 1.37 bits per heavy atom. The van der Waals surface area contributed by atoms with Gasteiger partial charge in [-0.3, -0.25) is 9.48 Å². The van der Waals surface area contributed by atoms with E-state index in [0.717, 1.165) is 11.5 Å². The molecule has 2 atom stereocenters. The summed E-state index contributed by atoms with van der Waals surface area (Å²) in [4.78, 5) is 24.6. The predicted molar refractivity (Wildman–Crippen MR) is 95.0 cm³/mol. The molecule has 1 saturated heterocycles. The van der Waals surface area contributed by atoms with Gasteiger partial charge in [0, 0.05) is 51.5 Å². The lowest BCUT2D eigenvalue weighted by Crippen LogP contribution is -2.55. The second kappa shape index (κ2) is 6.43. The van der Waals surface area contributed by atoms with E-state index >= 15 is 0 Å². The number of aromatic nitrogens is 4. The van der Waals surface area contributed by atoms with E-state index in [2.05, 4.69) is 20.4 Å². The van der Waals surface area contributed by atoms with E-state index in [-0.39, 0.29) is 12.5 Å². The molecule has 1 aliphatic heterocycles. The molecule has 0 radical (unpaired) electrons. The highest BCUT2D eigenvalue weighted by molar-refractivity contribution is 5.83. The summed E-state index contributed by atoms with van der Waals surface area (Å²) in [6.07, 6.45) is 4.83. The van der Waals surface area contributed by atoms with Gasteiger partial charge in [0.05, 0.1) is 11.9 Å². The minimum atomic E-state index is -2.83. The quantitative estimate of drug-likeness (QED) is 0.873. The summed E-state index contributed by atoms with van der Waals surface area (Å²) < 4.78 is 28.1. The Labute approximate surface area is 155 Å². The Bertz CT molecular complexity index is 855. The zero-order chi connectivity index (χ0) is 19.2. The van der Waals surface area contributed by atoms with Crippen molar-refractivity contribution in [2.75, 3.05) is 29.9 Å². The molecule has 2 fully saturated rings. The van der Waals surface area contributed by atoms with E-state index in [4.69, 9.17) is 0 Å². The summed E-state index contributed by atoms with van der Waals surface area (Å²) in [5.74, 6) is -3.22. The molecule has 0 spiro atoms. The Hall–Kier alpha value is -2.78. The van der Waals surface area contributed by atoms with Gasteiger partial charge < -0.3 is 15.1 Å². The topological polar surface area (TPSA) is 79.2 Å². The standard InChI is InChI=1S/C17H21F2N7O/c1-11-9-25(5-6-26(11)15(27)13-7-17(13,18)19)14-3-4-20-16(23-14)22-12-8-21-24(2)10-12/h3-4,8,10-11,13H,5-7,9H2,1-2H3,(H,20,22,23). The number of hydrogen-bond acceptors (Lipinski definition) is 6. The number of carbonyl (C=O) groups excluding carboxylic acids is 1. The van der Waals surface area contributed by atoms with Gasteiger partial charge >= 0.3 is 0 Å². The van der Waals surface area contributed by atoms with Crippen LogP contribution in [0.4, 0.5) is 26.2 Å². The SMILES string of the molecule is CC1CN(c2ccnc(Nc3cnn(C)c3)n2)CCN1C(=O)C1CC1(F)F. The van der Waals surface area contributed by atoms with Crippen LogP contribution in [0, 0.1) is 5.92 Å². The molecule has 2 aromatic rings. The number of alkyl halides is 2. The summed E-state index contributed by atoms with van der Waals surface area (Å²) in [5, 5.41) is 7.18. The lowest BCUT2D eigenvalue weighted by atomic mass is 10.1. The average Bonchev–Trinajstić information content (AvgIpc) is 3.08. The third-order valence-electron chi connectivity index (χ3n) is 4.96. The molecule has 1 aliphatic carbocycles. The van der Waals surface area contributed by atoms with E-state index in [1.54, 1.807) is 28.0 Å². The number of aryl methyl sites for hydroxylation is 1. The minimum Gasteiger partial charge on any atom is -0.353 e. The summed E-state index contributed by atoms with van der Waals surface area (Å²) in [6.45, 7) is 3.35. The van der Waals surface area contributed by atoms with Crippen LogP contribution in [0.15, 0.2) is 24.7 Å². The van der Waals surface area contributed by atoms with E-state index < -0.39 is 17.7 Å². The molecule has 1 saturated carbocycles. The fourth-order valence-corrected chi connectivity index (χ4v) is 3.37. The second-order valence-electron chi connectivity index (χ2n) is 7.11. The fraction of sp³-hybridized carbons (Fsp3) is 0.529. The maximum atomic E-state index is 13.2. The van der Waals surface area contributed by atoms with Gasteiger partial charge in [-0.15, -0.1) is 0 Å². The first kappa shape index (κ1) is 17.6. The second-order valence-corrected chi connectivity index (χ2v) is 7.11. The molecule has 0 aromatic carbocycles. The van der Waals surface area contributed by atoms with Crippen LogP contribution in [0.5, 0.6) is 0 Å². The molecular weight excluding hydrogens is 356 g/mol. The molecule has 2 aromatic heterocycles. The molecule has 27 heavy (non-hydrogen) atoms. The van der Waals surface area contributed by atoms with Crippen LogP contribution in [0.3, 0.4) is 0 Å². The van der Waals surface area contributed by atoms with Crippen LogP contribution in [-0.2, 0) is 11.8 Å². The van der Waals surface area contributed by atoms with Gasteiger partial charge in [-0.1, -0.05) is 0 Å². The Balaban J connectivity index is 1.41. The molecule has 2 aliphatic rings. The number of amides is 1. The maximum Gasteiger partial charge on any atom is 0.260 e. The highest BCUT2D eigenvalue weighted by Crippen LogP contribution is 2.49. The highest BCUT2D eigenvalue weighted by Gasteiger charge is 2.62. The molecule has 4 rings (SSSR count). The zero-order valence-corrected chi connectivity index (χ0v) is 15.1. The number of anilines is 3. The Morgan fingerprint density at radius 2 is 2.15 bits per heavy atom. The van der Waals surface area contributed by atoms with Gasteiger partial charge in [-0.2, -0.15) is 10.1 Å². The van der Waals surface area contributed by atoms with Crippen molar-refractivity contribution in [1.82, 2.24) is 24.6 Å². The molecular formula is C17H21F2N7O. The molecule has 1 N–H and O–H groups in total. The van der Waals surface area contributed by atoms with E-state index in [1.807, 2.05) is 25.1 Å². The molecule has 8 nitrogen and oxygen atoms in total. The summed E-state index contributed by atoms with van der Waals surface area (Å²) in [5.41, 5.74) is 0.781. The van der Waals surface area contributed by atoms with Crippen LogP contribution in [-0.4, -0.2) is 62.2 Å². The van der Waals surface area contributed by atoms with Crippen molar-refractivity contribution >= 4 is 23.4 Å². The highest BCUT2D eigenvalue weighted by atomic mass is 19.3. The number of nitrogens with zero attached hydrogens (tertiary/aromatic N) is 6. The van der Waals surface area contributed by atoms with Crippen LogP contribution in [0.1, 0.15) is 13.3 Å². The third-order valence-corrected chi connectivity index (χ3v) is 4.96. The molecule has 10 heteroatoms. The normalized spacial score (nSPS) is 24.0. The average molecular weight is 377 g/mol. The fourth-order valence-electron chi connectivity index (χ4n) is 3.37. The number of hydrogen-bond donors (Lipinski definition) is 1. The first-order valence-electron chi connectivity index (χ1n) is 8.85. The van der Waals surface area contributed by atoms with Gasteiger partial charge in [-0.25, -0.2) is 13.8 Å². The van der Waals surface area contributed by atoms with Crippen molar-refractivity contribution < 1.29 is 13.6 Å². The van der Waals surface area contributed by atoms with Crippen molar-refractivity contribution in [2.24, 2.45) is 13.0 Å². The molecule has 2 unspecified atom stereocenters. The van der Waals surface area contributed by atoms with Crippen LogP contribution in [0.25, 0.3) is 0 Å². The smallest absolute Gasteiger partial charge is 0.260 e. The van der Waals surface area contributed by atoms with Crippen molar-refractivity contribution in [2.45, 2.75) is 25.3 Å². The number of halogens is 2. The molecule has 144 valence electrons. The Kier molecular flexibility index (Phi) is 4.20. The first-order valence-corrected chi connectivity index (χ1v) is 8.85. The van der Waals surface area contributed by atoms with Gasteiger partial charge in [-0.05, 0) is 13.0 Å². The predicted octanol–water partition coefficient (Wildman–Crippen LogP) is 1.65. The van der Waals surface area contributed by atoms with Gasteiger partial charge in [0.1, 0.15) is 11.7 Å². The van der Waals surface area contributed by atoms with Crippen LogP contribution < -0.4 is 10.2 Å². The van der Waals surface area contributed by atoms with Crippen LogP contribution in [0.2, 0.25) is 0 Å². The lowest BCUT2D eigenvalue weighted by molar-refractivity contribution is -0.137. The van der Waals surface area contributed by atoms with Crippen molar-refractivity contribution in [1.29, 1.82) is 0 Å². The minimum absolute atomic E-state index is 0.160. The molecule has 1 amide bonds. The molecule has 3 heterocycles. The van der Waals surface area contributed by atoms with E-state index in [0.29, 0.717) is 25.6 Å². The number of piperazine rings is 1. The summed E-state index contributed by atoms with van der Waals surface area (Å²) in [7, 11) is 1.82. The van der Waals surface area contributed by atoms with Crippen molar-refractivity contribution in [3.63, 3.8) is 0 Å². The van der Waals surface area contributed by atoms with Crippen LogP contribution >= 0.6 is 0 Å². The van der Waals surface area contributed by atoms with E-state index in [1.165, 1.54) is 0 Å². The van der Waals surface area contributed by atoms with Gasteiger partial charge in [0.25, 0.3) is 5.92 Å². The number of nitrogens with one attached hydrogen (secondary N) is 1. The largest absolute Gasteiger partial charge is 0.353 e. The summed E-state index contributed by atoms with van der Waals surface area (Å²) in [6, 6.07) is 1.64. The third kappa shape index (κ3) is 3.56. The summed E-state index contributed by atoms with van der Waals surface area (Å²) >= 11 is 0.